The van der Waals surface area contributed by atoms with Gasteiger partial charge in [-0.25, -0.2) is 0 Å². The maximum Gasteiger partial charge on any atom is 0.227 e. The topological polar surface area (TPSA) is 49.4 Å². The van der Waals surface area contributed by atoms with Crippen LogP contribution in [0, 0.1) is 5.92 Å². The Morgan fingerprint density at radius 3 is 2.44 bits per heavy atom. The van der Waals surface area contributed by atoms with E-state index in [9.17, 15) is 9.59 Å². The van der Waals surface area contributed by atoms with Gasteiger partial charge in [0.2, 0.25) is 11.8 Å². The maximum absolute atomic E-state index is 12.4. The molecule has 0 saturated carbocycles. The third-order valence-corrected chi connectivity index (χ3v) is 4.87. The standard InChI is InChI=1S/C18H15Cl3N2O2/c19-13-3-1-11(2-4-13)9-22-18(25)12-7-17(24)23(10-12)16-6-5-14(20)8-15(16)21/h1-6,8,12H,7,9-10H2,(H,22,25). The lowest BCUT2D eigenvalue weighted by atomic mass is 10.1. The second-order valence-corrected chi connectivity index (χ2v) is 7.13. The van der Waals surface area contributed by atoms with Crippen LogP contribution in [0.3, 0.4) is 0 Å². The number of hydrogen-bond acceptors (Lipinski definition) is 2. The van der Waals surface area contributed by atoms with E-state index in [0.717, 1.165) is 5.56 Å². The van der Waals surface area contributed by atoms with Crippen LogP contribution in [-0.2, 0) is 16.1 Å². The fourth-order valence-electron chi connectivity index (χ4n) is 2.75. The number of rotatable bonds is 4. The molecule has 3 rings (SSSR count). The summed E-state index contributed by atoms with van der Waals surface area (Å²) < 4.78 is 0. The Balaban J connectivity index is 1.63. The zero-order valence-electron chi connectivity index (χ0n) is 13.1. The Kier molecular flexibility index (Phi) is 5.52. The molecule has 0 radical (unpaired) electrons. The van der Waals surface area contributed by atoms with Gasteiger partial charge < -0.3 is 10.2 Å². The molecule has 0 aromatic heterocycles. The van der Waals surface area contributed by atoms with Gasteiger partial charge in [0.15, 0.2) is 0 Å². The smallest absolute Gasteiger partial charge is 0.227 e. The first kappa shape index (κ1) is 18.1. The summed E-state index contributed by atoms with van der Waals surface area (Å²) in [6.45, 7) is 0.690. The fraction of sp³-hybridized carbons (Fsp3) is 0.222. The average Bonchev–Trinajstić information content (AvgIpc) is 2.96. The predicted molar refractivity (Wildman–Crippen MR) is 100 cm³/mol. The van der Waals surface area contributed by atoms with E-state index in [1.165, 1.54) is 4.90 Å². The average molecular weight is 398 g/mol. The number of amides is 2. The van der Waals surface area contributed by atoms with E-state index in [-0.39, 0.29) is 18.2 Å². The van der Waals surface area contributed by atoms with E-state index in [4.69, 9.17) is 34.8 Å². The van der Waals surface area contributed by atoms with Gasteiger partial charge in [0, 0.05) is 29.6 Å². The molecule has 1 N–H and O–H groups in total. The van der Waals surface area contributed by atoms with Crippen molar-refractivity contribution in [3.05, 3.63) is 63.1 Å². The molecule has 0 aliphatic carbocycles. The Morgan fingerprint density at radius 2 is 1.76 bits per heavy atom. The normalized spacial score (nSPS) is 17.0. The van der Waals surface area contributed by atoms with E-state index >= 15 is 0 Å². The van der Waals surface area contributed by atoms with Gasteiger partial charge in [0.1, 0.15) is 0 Å². The minimum atomic E-state index is -0.411. The van der Waals surface area contributed by atoms with Crippen LogP contribution in [0.4, 0.5) is 5.69 Å². The highest BCUT2D eigenvalue weighted by molar-refractivity contribution is 6.36. The predicted octanol–water partition coefficient (Wildman–Crippen LogP) is 4.32. The maximum atomic E-state index is 12.4. The largest absolute Gasteiger partial charge is 0.352 e. The number of nitrogens with one attached hydrogen (secondary N) is 1. The minimum Gasteiger partial charge on any atom is -0.352 e. The Morgan fingerprint density at radius 1 is 1.08 bits per heavy atom. The SMILES string of the molecule is O=C(NCc1ccc(Cl)cc1)C1CC(=O)N(c2ccc(Cl)cc2Cl)C1. The number of halogens is 3. The third-order valence-electron chi connectivity index (χ3n) is 4.08. The van der Waals surface area contributed by atoms with E-state index in [1.54, 1.807) is 30.3 Å². The highest BCUT2D eigenvalue weighted by Gasteiger charge is 2.35. The number of benzene rings is 2. The Hall–Kier alpha value is -1.75. The highest BCUT2D eigenvalue weighted by atomic mass is 35.5. The van der Waals surface area contributed by atoms with E-state index < -0.39 is 5.92 Å². The molecule has 1 atom stereocenters. The van der Waals surface area contributed by atoms with Crippen molar-refractivity contribution >= 4 is 52.3 Å². The van der Waals surface area contributed by atoms with Gasteiger partial charge in [-0.15, -0.1) is 0 Å². The van der Waals surface area contributed by atoms with Gasteiger partial charge in [-0.3, -0.25) is 9.59 Å². The molecular formula is C18H15Cl3N2O2. The van der Waals surface area contributed by atoms with Gasteiger partial charge in [-0.1, -0.05) is 46.9 Å². The van der Waals surface area contributed by atoms with Gasteiger partial charge in [0.05, 0.1) is 16.6 Å². The molecule has 130 valence electrons. The first-order valence-corrected chi connectivity index (χ1v) is 8.85. The zero-order valence-corrected chi connectivity index (χ0v) is 15.4. The molecule has 2 amide bonds. The van der Waals surface area contributed by atoms with Crippen LogP contribution in [0.25, 0.3) is 0 Å². The molecule has 25 heavy (non-hydrogen) atoms. The lowest BCUT2D eigenvalue weighted by molar-refractivity contribution is -0.126. The summed E-state index contributed by atoms with van der Waals surface area (Å²) in [5, 5.41) is 4.40. The van der Waals surface area contributed by atoms with E-state index in [1.807, 2.05) is 12.1 Å². The minimum absolute atomic E-state index is 0.129. The van der Waals surface area contributed by atoms with Crippen molar-refractivity contribution in [1.82, 2.24) is 5.32 Å². The van der Waals surface area contributed by atoms with Crippen molar-refractivity contribution in [2.24, 2.45) is 5.92 Å². The molecule has 0 spiro atoms. The number of carbonyl (C=O) groups is 2. The molecule has 0 bridgehead atoms. The van der Waals surface area contributed by atoms with Crippen molar-refractivity contribution in [2.45, 2.75) is 13.0 Å². The van der Waals surface area contributed by atoms with Gasteiger partial charge in [-0.05, 0) is 35.9 Å². The van der Waals surface area contributed by atoms with Crippen molar-refractivity contribution < 1.29 is 9.59 Å². The van der Waals surface area contributed by atoms with Crippen LogP contribution < -0.4 is 10.2 Å². The first-order valence-electron chi connectivity index (χ1n) is 7.71. The van der Waals surface area contributed by atoms with Crippen molar-refractivity contribution in [3.63, 3.8) is 0 Å². The highest BCUT2D eigenvalue weighted by Crippen LogP contribution is 2.33. The molecule has 2 aromatic rings. The summed E-state index contributed by atoms with van der Waals surface area (Å²) in [7, 11) is 0. The molecule has 1 saturated heterocycles. The van der Waals surface area contributed by atoms with Gasteiger partial charge in [0.25, 0.3) is 0 Å². The molecule has 4 nitrogen and oxygen atoms in total. The van der Waals surface area contributed by atoms with Crippen LogP contribution >= 0.6 is 34.8 Å². The summed E-state index contributed by atoms with van der Waals surface area (Å²) >= 11 is 17.9. The number of hydrogen-bond donors (Lipinski definition) is 1. The molecule has 1 heterocycles. The first-order chi connectivity index (χ1) is 11.9. The van der Waals surface area contributed by atoms with Crippen molar-refractivity contribution in [2.75, 3.05) is 11.4 Å². The summed E-state index contributed by atoms with van der Waals surface area (Å²) in [5.41, 5.74) is 1.52. The second-order valence-electron chi connectivity index (χ2n) is 5.85. The fourth-order valence-corrected chi connectivity index (χ4v) is 3.39. The number of anilines is 1. The Labute approximate surface area is 160 Å². The lowest BCUT2D eigenvalue weighted by Gasteiger charge is -2.18. The lowest BCUT2D eigenvalue weighted by Crippen LogP contribution is -2.32. The monoisotopic (exact) mass is 396 g/mol. The van der Waals surface area contributed by atoms with Crippen LogP contribution in [0.5, 0.6) is 0 Å². The van der Waals surface area contributed by atoms with Gasteiger partial charge >= 0.3 is 0 Å². The quantitative estimate of drug-likeness (QED) is 0.835. The molecule has 2 aromatic carbocycles. The van der Waals surface area contributed by atoms with Crippen LogP contribution in [0.15, 0.2) is 42.5 Å². The van der Waals surface area contributed by atoms with Gasteiger partial charge in [-0.2, -0.15) is 0 Å². The third kappa shape index (κ3) is 4.27. The van der Waals surface area contributed by atoms with Crippen LogP contribution in [-0.4, -0.2) is 18.4 Å². The van der Waals surface area contributed by atoms with E-state index in [0.29, 0.717) is 33.8 Å². The Bertz CT molecular complexity index is 808. The summed E-state index contributed by atoms with van der Waals surface area (Å²) in [5.74, 6) is -0.696. The second kappa shape index (κ2) is 7.65. The van der Waals surface area contributed by atoms with Crippen molar-refractivity contribution in [3.8, 4) is 0 Å². The van der Waals surface area contributed by atoms with Crippen LogP contribution in [0.2, 0.25) is 15.1 Å². The zero-order chi connectivity index (χ0) is 18.0. The summed E-state index contributed by atoms with van der Waals surface area (Å²) in [6, 6.07) is 12.2. The molecule has 1 aliphatic rings. The summed E-state index contributed by atoms with van der Waals surface area (Å²) in [4.78, 5) is 26.2. The molecule has 7 heteroatoms. The molecule has 1 unspecified atom stereocenters. The summed E-state index contributed by atoms with van der Waals surface area (Å²) in [6.07, 6.45) is 0.158. The van der Waals surface area contributed by atoms with E-state index in [2.05, 4.69) is 5.32 Å². The molecular weight excluding hydrogens is 383 g/mol. The molecule has 1 aliphatic heterocycles. The number of carbonyl (C=O) groups excluding carboxylic acids is 2. The number of nitrogens with zero attached hydrogens (tertiary/aromatic N) is 1. The molecule has 1 fully saturated rings. The van der Waals surface area contributed by atoms with Crippen molar-refractivity contribution in [1.29, 1.82) is 0 Å². The van der Waals surface area contributed by atoms with Crippen LogP contribution in [0.1, 0.15) is 12.0 Å².